The summed E-state index contributed by atoms with van der Waals surface area (Å²) < 4.78 is 16.8. The van der Waals surface area contributed by atoms with Gasteiger partial charge in [-0.2, -0.15) is 13.5 Å². The first kappa shape index (κ1) is 23.6. The molecule has 12 heteroatoms. The number of anilines is 5. The summed E-state index contributed by atoms with van der Waals surface area (Å²) in [6.07, 6.45) is 5.44. The SMILES string of the molecule is C1=CC2NP3(=NP4(=NP5(=N3)Nc3cccc6cccc(c36)N5)Nc3cccc5cccc(c35)N4)Nc3cccc(c32)C1. The molecule has 4 aliphatic heterocycles. The average molecular weight is 606 g/mol. The molecule has 10 rings (SSSR count). The smallest absolute Gasteiger partial charge is 0.268 e. The van der Waals surface area contributed by atoms with Gasteiger partial charge < -0.3 is 25.4 Å². The highest BCUT2D eigenvalue weighted by atomic mass is 31.3. The lowest BCUT2D eigenvalue weighted by Crippen LogP contribution is -2.30. The molecule has 5 aliphatic rings. The molecule has 0 radical (unpaired) electrons. The van der Waals surface area contributed by atoms with Crippen LogP contribution in [0, 0.1) is 0 Å². The molecule has 0 fully saturated rings. The molecule has 5 aromatic rings. The molecule has 0 aromatic heterocycles. The quantitative estimate of drug-likeness (QED) is 0.0775. The maximum absolute atomic E-state index is 5.61. The van der Waals surface area contributed by atoms with Crippen molar-refractivity contribution < 1.29 is 0 Å². The first-order chi connectivity index (χ1) is 20.6. The van der Waals surface area contributed by atoms with Gasteiger partial charge in [-0.3, -0.25) is 0 Å². The van der Waals surface area contributed by atoms with E-state index in [1.807, 2.05) is 0 Å². The van der Waals surface area contributed by atoms with Crippen LogP contribution in [0.2, 0.25) is 0 Å². The highest BCUT2D eigenvalue weighted by molar-refractivity contribution is 7.89. The summed E-state index contributed by atoms with van der Waals surface area (Å²) in [4.78, 5) is 0. The van der Waals surface area contributed by atoms with Gasteiger partial charge in [0.2, 0.25) is 7.51 Å². The summed E-state index contributed by atoms with van der Waals surface area (Å²) in [5.74, 6) is 0. The van der Waals surface area contributed by atoms with Gasteiger partial charge in [0.15, 0.2) is 0 Å². The summed E-state index contributed by atoms with van der Waals surface area (Å²) in [6, 6.07) is 32.0. The molecule has 0 amide bonds. The molecular formula is C30H26N9P3. The zero-order valence-corrected chi connectivity index (χ0v) is 25.0. The molecule has 3 spiro atoms. The number of rotatable bonds is 0. The molecule has 5 aromatic carbocycles. The molecule has 4 heterocycles. The second-order valence-electron chi connectivity index (χ2n) is 11.2. The van der Waals surface area contributed by atoms with Gasteiger partial charge in [0.05, 0.1) is 28.8 Å². The minimum atomic E-state index is -2.79. The molecule has 42 heavy (non-hydrogen) atoms. The van der Waals surface area contributed by atoms with E-state index in [1.54, 1.807) is 0 Å². The Morgan fingerprint density at radius 3 is 1.55 bits per heavy atom. The standard InChI is InChI=1S/C30H26N9P3/c1-7-19-8-2-14-23-28(19)22(13-1)31-40(32-23)37-41(33-24-15-3-9-20-10-4-16-25(34-41)29(20)24)39-42(38-40)35-26-17-5-11-21-12-6-18-27(36-42)30(21)26/h1-11,13-18,27,31-36H,12H2. The second-order valence-corrected chi connectivity index (χ2v) is 18.3. The zero-order valence-electron chi connectivity index (χ0n) is 22.3. The van der Waals surface area contributed by atoms with Crippen molar-refractivity contribution in [3.8, 4) is 0 Å². The van der Waals surface area contributed by atoms with E-state index in [1.165, 1.54) is 21.9 Å². The first-order valence-electron chi connectivity index (χ1n) is 14.0. The van der Waals surface area contributed by atoms with E-state index in [2.05, 4.69) is 134 Å². The van der Waals surface area contributed by atoms with Crippen molar-refractivity contribution >= 4 is 72.5 Å². The lowest BCUT2D eigenvalue weighted by atomic mass is 9.92. The molecule has 6 N–H and O–H groups in total. The number of nitrogens with one attached hydrogen (secondary N) is 6. The second kappa shape index (κ2) is 8.09. The third-order valence-electron chi connectivity index (χ3n) is 8.46. The van der Waals surface area contributed by atoms with Gasteiger partial charge >= 0.3 is 0 Å². The fourth-order valence-electron chi connectivity index (χ4n) is 6.86. The Balaban J connectivity index is 1.25. The monoisotopic (exact) mass is 605 g/mol. The van der Waals surface area contributed by atoms with E-state index in [0.29, 0.717) is 0 Å². The number of hydrogen-bond donors (Lipinski definition) is 6. The Morgan fingerprint density at radius 2 is 0.976 bits per heavy atom. The lowest BCUT2D eigenvalue weighted by Gasteiger charge is -2.44. The highest BCUT2D eigenvalue weighted by Crippen LogP contribution is 2.78. The fourth-order valence-corrected chi connectivity index (χ4v) is 18.4. The van der Waals surface area contributed by atoms with Gasteiger partial charge in [-0.05, 0) is 53.1 Å². The number of hydrogen-bond acceptors (Lipinski definition) is 9. The zero-order chi connectivity index (χ0) is 27.5. The van der Waals surface area contributed by atoms with Crippen LogP contribution in [0.4, 0.5) is 28.4 Å². The normalized spacial score (nSPS) is 24.2. The lowest BCUT2D eigenvalue weighted by molar-refractivity contribution is 0.779. The molecule has 2 unspecified atom stereocenters. The van der Waals surface area contributed by atoms with Gasteiger partial charge in [0, 0.05) is 22.0 Å². The highest BCUT2D eigenvalue weighted by Gasteiger charge is 2.44. The predicted molar refractivity (Wildman–Crippen MR) is 179 cm³/mol. The van der Waals surface area contributed by atoms with Crippen molar-refractivity contribution in [1.29, 1.82) is 0 Å². The van der Waals surface area contributed by atoms with Crippen LogP contribution in [0.5, 0.6) is 0 Å². The summed E-state index contributed by atoms with van der Waals surface area (Å²) >= 11 is 0. The van der Waals surface area contributed by atoms with E-state index in [4.69, 9.17) is 13.5 Å². The van der Waals surface area contributed by atoms with Gasteiger partial charge in [-0.15, -0.1) is 0 Å². The summed E-state index contributed by atoms with van der Waals surface area (Å²) in [5, 5.41) is 27.8. The molecule has 0 saturated heterocycles. The summed E-state index contributed by atoms with van der Waals surface area (Å²) in [6.45, 7) is 0. The van der Waals surface area contributed by atoms with Crippen molar-refractivity contribution in [2.45, 2.75) is 12.5 Å². The van der Waals surface area contributed by atoms with Crippen LogP contribution >= 0.6 is 22.5 Å². The molecule has 1 aliphatic carbocycles. The molecule has 2 atom stereocenters. The van der Waals surface area contributed by atoms with Crippen LogP contribution in [0.25, 0.3) is 21.5 Å². The van der Waals surface area contributed by atoms with E-state index < -0.39 is 22.5 Å². The average Bonchev–Trinajstić information content (AvgIpc) is 2.97. The van der Waals surface area contributed by atoms with E-state index in [9.17, 15) is 0 Å². The molecule has 206 valence electrons. The van der Waals surface area contributed by atoms with Crippen LogP contribution < -0.4 is 30.5 Å². The third kappa shape index (κ3) is 3.28. The number of benzene rings is 5. The van der Waals surface area contributed by atoms with E-state index in [0.717, 1.165) is 45.6 Å². The Hall–Kier alpha value is -3.99. The number of allylic oxidation sites excluding steroid dienone is 1. The van der Waals surface area contributed by atoms with Crippen LogP contribution in [-0.4, -0.2) is 0 Å². The van der Waals surface area contributed by atoms with Crippen molar-refractivity contribution in [3.63, 3.8) is 0 Å². The maximum Gasteiger partial charge on any atom is 0.268 e. The largest absolute Gasteiger partial charge is 0.323 e. The van der Waals surface area contributed by atoms with Gasteiger partial charge in [-0.1, -0.05) is 72.8 Å². The maximum atomic E-state index is 5.61. The minimum Gasteiger partial charge on any atom is -0.323 e. The van der Waals surface area contributed by atoms with Crippen molar-refractivity contribution in [3.05, 3.63) is 114 Å². The van der Waals surface area contributed by atoms with Crippen LogP contribution in [-0.2, 0) is 6.42 Å². The van der Waals surface area contributed by atoms with Crippen LogP contribution in [0.15, 0.2) is 117 Å². The van der Waals surface area contributed by atoms with Gasteiger partial charge in [0.25, 0.3) is 15.0 Å². The van der Waals surface area contributed by atoms with Crippen LogP contribution in [0.1, 0.15) is 17.2 Å². The Kier molecular flexibility index (Phi) is 4.54. The van der Waals surface area contributed by atoms with Crippen LogP contribution in [0.3, 0.4) is 0 Å². The molecule has 0 saturated carbocycles. The number of nitrogens with zero attached hydrogens (tertiary/aromatic N) is 3. The molecule has 0 bridgehead atoms. The topological polar surface area (TPSA) is 109 Å². The van der Waals surface area contributed by atoms with Crippen molar-refractivity contribution in [2.24, 2.45) is 13.5 Å². The van der Waals surface area contributed by atoms with Crippen molar-refractivity contribution in [2.75, 3.05) is 25.4 Å². The first-order valence-corrected chi connectivity index (χ1v) is 19.1. The van der Waals surface area contributed by atoms with E-state index in [-0.39, 0.29) is 6.04 Å². The fraction of sp³-hybridized carbons (Fsp3) is 0.0667. The Morgan fingerprint density at radius 1 is 0.524 bits per heavy atom. The minimum absolute atomic E-state index is 0.0197. The summed E-state index contributed by atoms with van der Waals surface area (Å²) in [5.41, 5.74) is 7.87. The van der Waals surface area contributed by atoms with Gasteiger partial charge in [-0.25, -0.2) is 5.09 Å². The molecule has 9 nitrogen and oxygen atoms in total. The summed E-state index contributed by atoms with van der Waals surface area (Å²) in [7, 11) is -8.36. The predicted octanol–water partition coefficient (Wildman–Crippen LogP) is 10.1. The van der Waals surface area contributed by atoms with E-state index >= 15 is 0 Å². The Labute approximate surface area is 242 Å². The molecular weight excluding hydrogens is 579 g/mol. The Bertz CT molecular complexity index is 2070. The third-order valence-corrected chi connectivity index (χ3v) is 18.1. The van der Waals surface area contributed by atoms with Gasteiger partial charge in [0.1, 0.15) is 0 Å². The van der Waals surface area contributed by atoms with Crippen molar-refractivity contribution in [1.82, 2.24) is 5.09 Å².